The zero-order valence-corrected chi connectivity index (χ0v) is 15.5. The second-order valence-electron chi connectivity index (χ2n) is 6.97. The largest absolute Gasteiger partial charge is 0.379 e. The maximum Gasteiger partial charge on any atom is 0.0663 e. The number of benzene rings is 1. The number of aryl methyl sites for hydroxylation is 3. The molecule has 1 aliphatic heterocycles. The Bertz CT molecular complexity index is 902. The lowest BCUT2D eigenvalue weighted by Crippen LogP contribution is -2.40. The molecule has 0 saturated carbocycles. The number of morpholine rings is 1. The Balaban J connectivity index is 1.95. The first-order valence-corrected chi connectivity index (χ1v) is 8.97. The van der Waals surface area contributed by atoms with Crippen LogP contribution in [0.5, 0.6) is 0 Å². The third-order valence-corrected chi connectivity index (χ3v) is 5.47. The summed E-state index contributed by atoms with van der Waals surface area (Å²) in [6, 6.07) is 8.80. The first-order chi connectivity index (χ1) is 12.1. The number of nitrogens with zero attached hydrogens (tertiary/aromatic N) is 3. The molecule has 3 aromatic rings. The van der Waals surface area contributed by atoms with Gasteiger partial charge in [0.1, 0.15) is 0 Å². The maximum absolute atomic E-state index is 5.62. The van der Waals surface area contributed by atoms with Gasteiger partial charge in [-0.15, -0.1) is 0 Å². The van der Waals surface area contributed by atoms with Crippen LogP contribution in [0.4, 0.5) is 0 Å². The van der Waals surface area contributed by atoms with Gasteiger partial charge in [-0.25, -0.2) is 0 Å². The fourth-order valence-corrected chi connectivity index (χ4v) is 4.18. The van der Waals surface area contributed by atoms with E-state index in [2.05, 4.69) is 54.9 Å². The van der Waals surface area contributed by atoms with E-state index < -0.39 is 0 Å². The van der Waals surface area contributed by atoms with Gasteiger partial charge in [0.15, 0.2) is 0 Å². The van der Waals surface area contributed by atoms with Crippen LogP contribution in [-0.4, -0.2) is 46.0 Å². The van der Waals surface area contributed by atoms with Crippen LogP contribution in [0.25, 0.3) is 10.9 Å². The number of rotatable bonds is 3. The number of para-hydroxylation sites is 1. The highest BCUT2D eigenvalue weighted by Gasteiger charge is 2.32. The van der Waals surface area contributed by atoms with Crippen molar-refractivity contribution in [1.29, 1.82) is 0 Å². The van der Waals surface area contributed by atoms with Crippen molar-refractivity contribution in [2.75, 3.05) is 26.3 Å². The predicted octanol–water partition coefficient (Wildman–Crippen LogP) is 3.25. The summed E-state index contributed by atoms with van der Waals surface area (Å²) in [4.78, 5) is 6.12. The van der Waals surface area contributed by atoms with Crippen LogP contribution in [0.15, 0.2) is 24.3 Å². The Morgan fingerprint density at radius 3 is 2.48 bits per heavy atom. The van der Waals surface area contributed by atoms with E-state index in [1.54, 1.807) is 0 Å². The quantitative estimate of drug-likeness (QED) is 0.797. The molecule has 0 radical (unpaired) electrons. The molecule has 0 aliphatic carbocycles. The molecule has 0 amide bonds. The van der Waals surface area contributed by atoms with Crippen molar-refractivity contribution in [3.05, 3.63) is 52.5 Å². The summed E-state index contributed by atoms with van der Waals surface area (Å²) in [5.74, 6) is 0. The number of hydrogen-bond donors (Lipinski definition) is 1. The van der Waals surface area contributed by atoms with E-state index in [9.17, 15) is 0 Å². The normalized spacial score (nSPS) is 17.3. The standard InChI is InChI=1S/C20H26N4O/c1-13-19(16-7-5-6-8-17(16)21-13)20(24-9-11-25-12-10-24)18-14(2)22-23(4)15(18)3/h5-8,20-21H,9-12H2,1-4H3. The number of aromatic amines is 1. The van der Waals surface area contributed by atoms with Crippen LogP contribution in [0.1, 0.15) is 34.3 Å². The van der Waals surface area contributed by atoms with E-state index in [1.807, 2.05) is 11.7 Å². The fraction of sp³-hybridized carbons (Fsp3) is 0.450. The van der Waals surface area contributed by atoms with E-state index >= 15 is 0 Å². The zero-order chi connectivity index (χ0) is 17.6. The molecule has 25 heavy (non-hydrogen) atoms. The lowest BCUT2D eigenvalue weighted by Gasteiger charge is -2.35. The van der Waals surface area contributed by atoms with Gasteiger partial charge in [-0.2, -0.15) is 5.10 Å². The molecule has 1 fully saturated rings. The lowest BCUT2D eigenvalue weighted by atomic mass is 9.92. The summed E-state index contributed by atoms with van der Waals surface area (Å²) in [7, 11) is 2.03. The molecule has 1 N–H and O–H groups in total. The van der Waals surface area contributed by atoms with Crippen molar-refractivity contribution in [1.82, 2.24) is 19.7 Å². The molecular formula is C20H26N4O. The third-order valence-electron chi connectivity index (χ3n) is 5.47. The minimum atomic E-state index is 0.203. The molecule has 2 aromatic heterocycles. The third kappa shape index (κ3) is 2.68. The SMILES string of the molecule is Cc1nn(C)c(C)c1C(c1c(C)[nH]c2ccccc12)N1CCOCC1. The highest BCUT2D eigenvalue weighted by molar-refractivity contribution is 5.85. The zero-order valence-electron chi connectivity index (χ0n) is 15.5. The van der Waals surface area contributed by atoms with Crippen molar-refractivity contribution < 1.29 is 4.74 Å². The van der Waals surface area contributed by atoms with E-state index in [0.29, 0.717) is 0 Å². The number of fused-ring (bicyclic) bond motifs is 1. The number of nitrogens with one attached hydrogen (secondary N) is 1. The van der Waals surface area contributed by atoms with Crippen molar-refractivity contribution >= 4 is 10.9 Å². The molecule has 5 nitrogen and oxygen atoms in total. The van der Waals surface area contributed by atoms with Gasteiger partial charge in [0, 0.05) is 53.6 Å². The Morgan fingerprint density at radius 2 is 1.80 bits per heavy atom. The monoisotopic (exact) mass is 338 g/mol. The smallest absolute Gasteiger partial charge is 0.0663 e. The molecule has 1 unspecified atom stereocenters. The summed E-state index contributed by atoms with van der Waals surface area (Å²) in [6.07, 6.45) is 0. The van der Waals surface area contributed by atoms with Gasteiger partial charge in [0.25, 0.3) is 0 Å². The van der Waals surface area contributed by atoms with Crippen molar-refractivity contribution in [3.63, 3.8) is 0 Å². The van der Waals surface area contributed by atoms with Crippen molar-refractivity contribution in [2.45, 2.75) is 26.8 Å². The Hall–Kier alpha value is -2.11. The van der Waals surface area contributed by atoms with Crippen LogP contribution >= 0.6 is 0 Å². The second kappa shape index (κ2) is 6.32. The Kier molecular flexibility index (Phi) is 4.13. The van der Waals surface area contributed by atoms with Gasteiger partial charge >= 0.3 is 0 Å². The fourth-order valence-electron chi connectivity index (χ4n) is 4.18. The van der Waals surface area contributed by atoms with E-state index in [1.165, 1.54) is 33.4 Å². The van der Waals surface area contributed by atoms with Gasteiger partial charge in [-0.05, 0) is 26.8 Å². The first kappa shape index (κ1) is 16.4. The van der Waals surface area contributed by atoms with Crippen molar-refractivity contribution in [2.24, 2.45) is 7.05 Å². The number of hydrogen-bond acceptors (Lipinski definition) is 3. The minimum Gasteiger partial charge on any atom is -0.379 e. The summed E-state index contributed by atoms with van der Waals surface area (Å²) in [5, 5.41) is 6.00. The molecule has 0 bridgehead atoms. The van der Waals surface area contributed by atoms with Crippen LogP contribution in [-0.2, 0) is 11.8 Å². The molecule has 0 spiro atoms. The van der Waals surface area contributed by atoms with E-state index in [0.717, 1.165) is 32.0 Å². The van der Waals surface area contributed by atoms with E-state index in [4.69, 9.17) is 9.84 Å². The Morgan fingerprint density at radius 1 is 1.08 bits per heavy atom. The highest BCUT2D eigenvalue weighted by atomic mass is 16.5. The van der Waals surface area contributed by atoms with Crippen LogP contribution < -0.4 is 0 Å². The predicted molar refractivity (Wildman–Crippen MR) is 100.0 cm³/mol. The molecular weight excluding hydrogens is 312 g/mol. The topological polar surface area (TPSA) is 46.1 Å². The van der Waals surface area contributed by atoms with Crippen molar-refractivity contribution in [3.8, 4) is 0 Å². The van der Waals surface area contributed by atoms with Gasteiger partial charge in [-0.1, -0.05) is 18.2 Å². The number of H-pyrrole nitrogens is 1. The van der Waals surface area contributed by atoms with Crippen LogP contribution in [0, 0.1) is 20.8 Å². The molecule has 5 heteroatoms. The molecule has 132 valence electrons. The summed E-state index contributed by atoms with van der Waals surface area (Å²) in [5.41, 5.74) is 7.49. The highest BCUT2D eigenvalue weighted by Crippen LogP contribution is 2.38. The lowest BCUT2D eigenvalue weighted by molar-refractivity contribution is 0.0238. The average molecular weight is 338 g/mol. The molecule has 3 heterocycles. The second-order valence-corrected chi connectivity index (χ2v) is 6.97. The average Bonchev–Trinajstić information content (AvgIpc) is 3.07. The summed E-state index contributed by atoms with van der Waals surface area (Å²) < 4.78 is 7.62. The molecule has 1 aromatic carbocycles. The number of aromatic nitrogens is 3. The Labute approximate surface area is 148 Å². The summed E-state index contributed by atoms with van der Waals surface area (Å²) in [6.45, 7) is 9.94. The maximum atomic E-state index is 5.62. The van der Waals surface area contributed by atoms with E-state index in [-0.39, 0.29) is 6.04 Å². The number of ether oxygens (including phenoxy) is 1. The molecule has 4 rings (SSSR count). The van der Waals surface area contributed by atoms with Crippen LogP contribution in [0.3, 0.4) is 0 Å². The van der Waals surface area contributed by atoms with Gasteiger partial charge < -0.3 is 9.72 Å². The molecule has 1 aliphatic rings. The van der Waals surface area contributed by atoms with Gasteiger partial charge in [0.05, 0.1) is 24.9 Å². The minimum absolute atomic E-state index is 0.203. The van der Waals surface area contributed by atoms with Crippen LogP contribution in [0.2, 0.25) is 0 Å². The summed E-state index contributed by atoms with van der Waals surface area (Å²) >= 11 is 0. The van der Waals surface area contributed by atoms with Gasteiger partial charge in [-0.3, -0.25) is 9.58 Å². The first-order valence-electron chi connectivity index (χ1n) is 8.97. The molecule has 1 saturated heterocycles. The van der Waals surface area contributed by atoms with Gasteiger partial charge in [0.2, 0.25) is 0 Å². The molecule has 1 atom stereocenters.